The zero-order valence-corrected chi connectivity index (χ0v) is 20.0. The molecule has 0 spiro atoms. The maximum atomic E-state index is 13.5. The van der Waals surface area contributed by atoms with Crippen molar-refractivity contribution >= 4 is 45.6 Å². The smallest absolute Gasteiger partial charge is 0.343 e. The van der Waals surface area contributed by atoms with Crippen LogP contribution in [0.2, 0.25) is 0 Å². The van der Waals surface area contributed by atoms with Crippen molar-refractivity contribution in [1.82, 2.24) is 14.5 Å². The molecular formula is C26H22N4O5S. The molecule has 182 valence electrons. The number of anilines is 1. The largest absolute Gasteiger partial charge is 0.477 e. The second-order valence-corrected chi connectivity index (χ2v) is 9.31. The summed E-state index contributed by atoms with van der Waals surface area (Å²) < 4.78 is 1.20. The Morgan fingerprint density at radius 1 is 0.972 bits per heavy atom. The van der Waals surface area contributed by atoms with Gasteiger partial charge in [-0.15, -0.1) is 11.3 Å². The number of benzene rings is 1. The van der Waals surface area contributed by atoms with Crippen molar-refractivity contribution in [2.24, 2.45) is 0 Å². The van der Waals surface area contributed by atoms with Gasteiger partial charge >= 0.3 is 5.97 Å². The second-order valence-electron chi connectivity index (χ2n) is 8.36. The first kappa shape index (κ1) is 23.4. The number of ketones is 1. The fourth-order valence-corrected chi connectivity index (χ4v) is 5.20. The lowest BCUT2D eigenvalue weighted by molar-refractivity contribution is 0.0690. The van der Waals surface area contributed by atoms with Gasteiger partial charge in [0, 0.05) is 49.5 Å². The summed E-state index contributed by atoms with van der Waals surface area (Å²) in [6.45, 7) is 1.18. The monoisotopic (exact) mass is 502 g/mol. The van der Waals surface area contributed by atoms with Gasteiger partial charge in [0.05, 0.1) is 22.6 Å². The number of thiophene rings is 1. The Kier molecular flexibility index (Phi) is 6.34. The maximum Gasteiger partial charge on any atom is 0.343 e. The van der Waals surface area contributed by atoms with Crippen LogP contribution in [0.15, 0.2) is 71.1 Å². The van der Waals surface area contributed by atoms with Gasteiger partial charge in [-0.05, 0) is 17.5 Å². The van der Waals surface area contributed by atoms with E-state index in [9.17, 15) is 24.3 Å². The third-order valence-electron chi connectivity index (χ3n) is 6.27. The molecule has 0 bridgehead atoms. The average Bonchev–Trinajstić information content (AvgIpc) is 3.45. The molecule has 1 N–H and O–H groups in total. The number of piperazine rings is 1. The van der Waals surface area contributed by atoms with Crippen LogP contribution in [-0.2, 0) is 6.54 Å². The number of Topliss-reactive ketones (excluding diaryl/α,β-unsaturated/α-hetero) is 1. The van der Waals surface area contributed by atoms with Gasteiger partial charge < -0.3 is 14.9 Å². The van der Waals surface area contributed by atoms with Gasteiger partial charge in [0.2, 0.25) is 0 Å². The molecule has 0 unspecified atom stereocenters. The summed E-state index contributed by atoms with van der Waals surface area (Å²) in [6, 6.07) is 13.8. The van der Waals surface area contributed by atoms with E-state index < -0.39 is 17.1 Å². The molecule has 0 saturated carbocycles. The molecule has 4 heterocycles. The Balaban J connectivity index is 1.53. The number of pyridine rings is 2. The van der Waals surface area contributed by atoms with Crippen LogP contribution in [0.3, 0.4) is 0 Å². The predicted octanol–water partition coefficient (Wildman–Crippen LogP) is 3.00. The highest BCUT2D eigenvalue weighted by Crippen LogP contribution is 2.30. The van der Waals surface area contributed by atoms with E-state index in [1.807, 2.05) is 16.3 Å². The fraction of sp³-hybridized carbons (Fsp3) is 0.192. The summed E-state index contributed by atoms with van der Waals surface area (Å²) >= 11 is 1.37. The number of nitrogens with zero attached hydrogens (tertiary/aromatic N) is 4. The number of aromatic carboxylic acids is 1. The average molecular weight is 503 g/mol. The molecule has 0 atom stereocenters. The molecule has 0 radical (unpaired) electrons. The summed E-state index contributed by atoms with van der Waals surface area (Å²) in [5.74, 6) is -1.75. The minimum absolute atomic E-state index is 0.0653. The zero-order chi connectivity index (χ0) is 25.2. The minimum atomic E-state index is -1.38. The van der Waals surface area contributed by atoms with Crippen LogP contribution < -0.4 is 10.5 Å². The first-order valence-corrected chi connectivity index (χ1v) is 12.2. The van der Waals surface area contributed by atoms with Gasteiger partial charge in [0.25, 0.3) is 11.5 Å². The van der Waals surface area contributed by atoms with Crippen LogP contribution in [0.25, 0.3) is 10.9 Å². The number of carboxylic acids is 1. The molecule has 1 amide bonds. The van der Waals surface area contributed by atoms with Crippen LogP contribution in [0, 0.1) is 0 Å². The molecular weight excluding hydrogens is 480 g/mol. The normalized spacial score (nSPS) is 13.7. The zero-order valence-electron chi connectivity index (χ0n) is 19.2. The molecule has 36 heavy (non-hydrogen) atoms. The third kappa shape index (κ3) is 4.27. The van der Waals surface area contributed by atoms with Crippen molar-refractivity contribution in [3.8, 4) is 0 Å². The molecule has 3 aromatic heterocycles. The number of carboxylic acid groups (broad SMARTS) is 1. The van der Waals surface area contributed by atoms with Gasteiger partial charge in [-0.25, -0.2) is 4.79 Å². The van der Waals surface area contributed by atoms with Crippen molar-refractivity contribution in [2.75, 3.05) is 31.1 Å². The summed E-state index contributed by atoms with van der Waals surface area (Å²) in [6.07, 6.45) is 3.02. The molecule has 10 heteroatoms. The van der Waals surface area contributed by atoms with E-state index in [1.165, 1.54) is 28.3 Å². The fourth-order valence-electron chi connectivity index (χ4n) is 4.51. The number of carbonyl (C=O) groups excluding carboxylic acids is 2. The Hall–Kier alpha value is -4.31. The Morgan fingerprint density at radius 2 is 1.72 bits per heavy atom. The maximum absolute atomic E-state index is 13.5. The number of carbonyl (C=O) groups is 3. The molecule has 1 aliphatic rings. The van der Waals surface area contributed by atoms with Crippen molar-refractivity contribution in [1.29, 1.82) is 0 Å². The lowest BCUT2D eigenvalue weighted by atomic mass is 10.1. The van der Waals surface area contributed by atoms with E-state index in [-0.39, 0.29) is 23.9 Å². The Labute approximate surface area is 209 Å². The van der Waals surface area contributed by atoms with Crippen molar-refractivity contribution in [3.05, 3.63) is 92.7 Å². The second kappa shape index (κ2) is 9.74. The number of hydrogen-bond acceptors (Lipinski definition) is 7. The highest BCUT2D eigenvalue weighted by molar-refractivity contribution is 7.12. The number of amides is 1. The van der Waals surface area contributed by atoms with Gasteiger partial charge in [-0.3, -0.25) is 23.9 Å². The SMILES string of the molecule is O=C(Cn1c(=O)c(C(=O)O)c(N2CCN(C(=O)c3cccs3)CC2)c2cnccc21)c1ccccc1. The predicted molar refractivity (Wildman–Crippen MR) is 136 cm³/mol. The van der Waals surface area contributed by atoms with Crippen molar-refractivity contribution in [3.63, 3.8) is 0 Å². The highest BCUT2D eigenvalue weighted by atomic mass is 32.1. The molecule has 1 saturated heterocycles. The molecule has 9 nitrogen and oxygen atoms in total. The van der Waals surface area contributed by atoms with E-state index in [2.05, 4.69) is 4.98 Å². The van der Waals surface area contributed by atoms with Crippen LogP contribution in [0.4, 0.5) is 5.69 Å². The first-order chi connectivity index (χ1) is 17.5. The van der Waals surface area contributed by atoms with Crippen LogP contribution in [0.1, 0.15) is 30.4 Å². The molecule has 1 aliphatic heterocycles. The Morgan fingerprint density at radius 3 is 2.39 bits per heavy atom. The third-order valence-corrected chi connectivity index (χ3v) is 7.12. The van der Waals surface area contributed by atoms with E-state index in [1.54, 1.807) is 47.4 Å². The number of rotatable bonds is 6. The van der Waals surface area contributed by atoms with E-state index in [0.717, 1.165) is 0 Å². The van der Waals surface area contributed by atoms with Gasteiger partial charge in [-0.2, -0.15) is 0 Å². The molecule has 1 aromatic carbocycles. The summed E-state index contributed by atoms with van der Waals surface area (Å²) in [4.78, 5) is 59.9. The van der Waals surface area contributed by atoms with Crippen LogP contribution in [-0.4, -0.2) is 63.4 Å². The molecule has 1 fully saturated rings. The highest BCUT2D eigenvalue weighted by Gasteiger charge is 2.30. The van der Waals surface area contributed by atoms with Gasteiger partial charge in [-0.1, -0.05) is 36.4 Å². The molecule has 4 aromatic rings. The van der Waals surface area contributed by atoms with E-state index in [4.69, 9.17) is 0 Å². The van der Waals surface area contributed by atoms with Crippen molar-refractivity contribution in [2.45, 2.75) is 6.54 Å². The first-order valence-electron chi connectivity index (χ1n) is 11.4. The number of fused-ring (bicyclic) bond motifs is 1. The lowest BCUT2D eigenvalue weighted by Crippen LogP contribution is -2.49. The van der Waals surface area contributed by atoms with Crippen LogP contribution >= 0.6 is 11.3 Å². The summed E-state index contributed by atoms with van der Waals surface area (Å²) in [5.41, 5.74) is -0.0374. The van der Waals surface area contributed by atoms with Crippen molar-refractivity contribution < 1.29 is 19.5 Å². The minimum Gasteiger partial charge on any atom is -0.477 e. The molecule has 5 rings (SSSR count). The van der Waals surface area contributed by atoms with E-state index in [0.29, 0.717) is 47.5 Å². The molecule has 0 aliphatic carbocycles. The topological polar surface area (TPSA) is 113 Å². The quantitative estimate of drug-likeness (QED) is 0.403. The van der Waals surface area contributed by atoms with Crippen LogP contribution in [0.5, 0.6) is 0 Å². The summed E-state index contributed by atoms with van der Waals surface area (Å²) in [7, 11) is 0. The lowest BCUT2D eigenvalue weighted by Gasteiger charge is -2.37. The number of hydrogen-bond donors (Lipinski definition) is 1. The summed E-state index contributed by atoms with van der Waals surface area (Å²) in [5, 5.41) is 12.4. The Bertz CT molecular complexity index is 1510. The number of aromatic nitrogens is 2. The van der Waals surface area contributed by atoms with Gasteiger partial charge in [0.15, 0.2) is 5.78 Å². The standard InChI is InChI=1S/C26H22N4O5S/c31-20(17-5-2-1-3-6-17)16-30-19-8-9-27-15-18(19)23(22(25(30)33)26(34)35)28-10-12-29(13-11-28)24(32)21-7-4-14-36-21/h1-9,14-15H,10-13,16H2,(H,34,35). The van der Waals surface area contributed by atoms with Gasteiger partial charge in [0.1, 0.15) is 5.56 Å². The van der Waals surface area contributed by atoms with E-state index >= 15 is 0 Å².